The third kappa shape index (κ3) is 2.88. The Hall–Kier alpha value is -1.80. The number of halogens is 1. The largest absolute Gasteiger partial charge is 0.323 e. The van der Waals surface area contributed by atoms with Crippen molar-refractivity contribution in [3.63, 3.8) is 0 Å². The second kappa shape index (κ2) is 6.37. The topological polar surface area (TPSA) is 17.8 Å². The molecule has 1 fully saturated rings. The Balaban J connectivity index is 1.81. The number of benzene rings is 2. The summed E-state index contributed by atoms with van der Waals surface area (Å²) in [6.07, 6.45) is 6.51. The van der Waals surface area contributed by atoms with Crippen molar-refractivity contribution in [2.75, 3.05) is 0 Å². The van der Waals surface area contributed by atoms with E-state index in [1.54, 1.807) is 0 Å². The summed E-state index contributed by atoms with van der Waals surface area (Å²) in [5, 5.41) is 0.833. The van der Waals surface area contributed by atoms with Gasteiger partial charge in [0.1, 0.15) is 5.82 Å². The van der Waals surface area contributed by atoms with E-state index in [2.05, 4.69) is 41.0 Å². The number of aromatic nitrogens is 2. The highest BCUT2D eigenvalue weighted by molar-refractivity contribution is 6.31. The lowest BCUT2D eigenvalue weighted by Gasteiger charge is -2.22. The maximum atomic E-state index is 6.40. The third-order valence-electron chi connectivity index (χ3n) is 4.94. The fourth-order valence-corrected chi connectivity index (χ4v) is 3.93. The third-order valence-corrected chi connectivity index (χ3v) is 5.31. The van der Waals surface area contributed by atoms with Crippen LogP contribution >= 0.6 is 11.6 Å². The van der Waals surface area contributed by atoms with Gasteiger partial charge in [0.25, 0.3) is 0 Å². The smallest absolute Gasteiger partial charge is 0.113 e. The molecule has 0 spiro atoms. The Morgan fingerprint density at radius 2 is 1.70 bits per heavy atom. The molecule has 0 radical (unpaired) electrons. The summed E-state index contributed by atoms with van der Waals surface area (Å²) in [4.78, 5) is 4.98. The maximum Gasteiger partial charge on any atom is 0.113 e. The van der Waals surface area contributed by atoms with E-state index in [9.17, 15) is 0 Å². The Bertz CT molecular complexity index is 815. The Morgan fingerprint density at radius 1 is 0.957 bits per heavy atom. The van der Waals surface area contributed by atoms with Crippen LogP contribution in [0, 0.1) is 0 Å². The van der Waals surface area contributed by atoms with Crippen LogP contribution in [0.2, 0.25) is 5.02 Å². The van der Waals surface area contributed by atoms with E-state index in [0.29, 0.717) is 5.92 Å². The number of nitrogens with zero attached hydrogens (tertiary/aromatic N) is 2. The summed E-state index contributed by atoms with van der Waals surface area (Å²) in [7, 11) is 0. The molecule has 0 bridgehead atoms. The molecule has 0 N–H and O–H groups in total. The molecule has 0 amide bonds. The standard InChI is InChI=1S/C20H21ClN2/c21-17-11-5-4-10-16(17)14-23-19-13-7-6-12-18(19)22-20(23)15-8-2-1-3-9-15/h4-7,10-13,15H,1-3,8-9,14H2. The molecule has 1 aromatic heterocycles. The normalized spacial score (nSPS) is 16.0. The first-order chi connectivity index (χ1) is 11.3. The van der Waals surface area contributed by atoms with Gasteiger partial charge in [-0.2, -0.15) is 0 Å². The first-order valence-corrected chi connectivity index (χ1v) is 8.89. The number of hydrogen-bond donors (Lipinski definition) is 0. The predicted octanol–water partition coefficient (Wildman–Crippen LogP) is 5.79. The lowest BCUT2D eigenvalue weighted by Crippen LogP contribution is -2.13. The van der Waals surface area contributed by atoms with E-state index in [4.69, 9.17) is 16.6 Å². The van der Waals surface area contributed by atoms with Gasteiger partial charge in [0.05, 0.1) is 17.6 Å². The van der Waals surface area contributed by atoms with E-state index in [1.807, 2.05) is 12.1 Å². The minimum absolute atomic E-state index is 0.582. The number of rotatable bonds is 3. The highest BCUT2D eigenvalue weighted by Gasteiger charge is 2.22. The van der Waals surface area contributed by atoms with Crippen molar-refractivity contribution in [3.05, 3.63) is 64.9 Å². The zero-order valence-electron chi connectivity index (χ0n) is 13.2. The Kier molecular flexibility index (Phi) is 4.09. The molecule has 0 saturated heterocycles. The molecule has 2 nitrogen and oxygen atoms in total. The Morgan fingerprint density at radius 3 is 2.52 bits per heavy atom. The first kappa shape index (κ1) is 14.8. The number of para-hydroxylation sites is 2. The molecule has 23 heavy (non-hydrogen) atoms. The van der Waals surface area contributed by atoms with Crippen LogP contribution in [0.25, 0.3) is 11.0 Å². The number of imidazole rings is 1. The number of fused-ring (bicyclic) bond motifs is 1. The lowest BCUT2D eigenvalue weighted by molar-refractivity contribution is 0.420. The molecule has 1 saturated carbocycles. The molecule has 4 rings (SSSR count). The molecule has 0 atom stereocenters. The quantitative estimate of drug-likeness (QED) is 0.596. The van der Waals surface area contributed by atoms with Crippen molar-refractivity contribution < 1.29 is 0 Å². The van der Waals surface area contributed by atoms with Crippen molar-refractivity contribution in [2.24, 2.45) is 0 Å². The van der Waals surface area contributed by atoms with Crippen LogP contribution in [-0.4, -0.2) is 9.55 Å². The van der Waals surface area contributed by atoms with E-state index >= 15 is 0 Å². The average molecular weight is 325 g/mol. The van der Waals surface area contributed by atoms with Crippen molar-refractivity contribution in [3.8, 4) is 0 Å². The van der Waals surface area contributed by atoms with Gasteiger partial charge < -0.3 is 4.57 Å². The highest BCUT2D eigenvalue weighted by atomic mass is 35.5. The van der Waals surface area contributed by atoms with E-state index in [0.717, 1.165) is 22.6 Å². The minimum atomic E-state index is 0.582. The van der Waals surface area contributed by atoms with Crippen molar-refractivity contribution >= 4 is 22.6 Å². The summed E-state index contributed by atoms with van der Waals surface area (Å²) in [6.45, 7) is 0.798. The van der Waals surface area contributed by atoms with Crippen molar-refractivity contribution in [1.29, 1.82) is 0 Å². The first-order valence-electron chi connectivity index (χ1n) is 8.51. The summed E-state index contributed by atoms with van der Waals surface area (Å²) in [6, 6.07) is 16.6. The molecule has 3 aromatic rings. The van der Waals surface area contributed by atoms with Crippen LogP contribution in [0.4, 0.5) is 0 Å². The fourth-order valence-electron chi connectivity index (χ4n) is 3.73. The average Bonchev–Trinajstić information content (AvgIpc) is 2.96. The molecule has 1 aliphatic rings. The van der Waals surface area contributed by atoms with Crippen LogP contribution in [-0.2, 0) is 6.54 Å². The van der Waals surface area contributed by atoms with Crippen LogP contribution in [0.15, 0.2) is 48.5 Å². The molecule has 0 unspecified atom stereocenters. The molecule has 3 heteroatoms. The Labute approximate surface area is 142 Å². The summed E-state index contributed by atoms with van der Waals surface area (Å²) in [5.74, 6) is 1.82. The SMILES string of the molecule is Clc1ccccc1Cn1c(C2CCCCC2)nc2ccccc21. The van der Waals surface area contributed by atoms with E-state index in [1.165, 1.54) is 43.4 Å². The fraction of sp³-hybridized carbons (Fsp3) is 0.350. The zero-order valence-corrected chi connectivity index (χ0v) is 14.0. The van der Waals surface area contributed by atoms with Crippen molar-refractivity contribution in [2.45, 2.75) is 44.6 Å². The van der Waals surface area contributed by atoms with Crippen LogP contribution in [0.3, 0.4) is 0 Å². The number of hydrogen-bond acceptors (Lipinski definition) is 1. The van der Waals surface area contributed by atoms with Gasteiger partial charge in [-0.1, -0.05) is 61.2 Å². The highest BCUT2D eigenvalue weighted by Crippen LogP contribution is 2.34. The van der Waals surface area contributed by atoms with Gasteiger partial charge in [0.2, 0.25) is 0 Å². The van der Waals surface area contributed by atoms with Gasteiger partial charge in [-0.15, -0.1) is 0 Å². The monoisotopic (exact) mass is 324 g/mol. The zero-order chi connectivity index (χ0) is 15.6. The summed E-state index contributed by atoms with van der Waals surface area (Å²) >= 11 is 6.40. The predicted molar refractivity (Wildman–Crippen MR) is 96.1 cm³/mol. The second-order valence-electron chi connectivity index (χ2n) is 6.47. The molecule has 1 heterocycles. The van der Waals surface area contributed by atoms with Crippen LogP contribution < -0.4 is 0 Å². The summed E-state index contributed by atoms with van der Waals surface area (Å²) in [5.41, 5.74) is 3.47. The maximum absolute atomic E-state index is 6.40. The van der Waals surface area contributed by atoms with Crippen LogP contribution in [0.1, 0.15) is 49.4 Å². The van der Waals surface area contributed by atoms with Crippen LogP contribution in [0.5, 0.6) is 0 Å². The molecule has 0 aliphatic heterocycles. The lowest BCUT2D eigenvalue weighted by atomic mass is 9.88. The molecule has 1 aliphatic carbocycles. The van der Waals surface area contributed by atoms with Gasteiger partial charge >= 0.3 is 0 Å². The van der Waals surface area contributed by atoms with E-state index in [-0.39, 0.29) is 0 Å². The minimum Gasteiger partial charge on any atom is -0.323 e. The molecular formula is C20H21ClN2. The molecular weight excluding hydrogens is 304 g/mol. The van der Waals surface area contributed by atoms with E-state index < -0.39 is 0 Å². The van der Waals surface area contributed by atoms with Gasteiger partial charge in [0, 0.05) is 10.9 Å². The van der Waals surface area contributed by atoms with Crippen molar-refractivity contribution in [1.82, 2.24) is 9.55 Å². The van der Waals surface area contributed by atoms with Gasteiger partial charge in [-0.3, -0.25) is 0 Å². The molecule has 2 aromatic carbocycles. The summed E-state index contributed by atoms with van der Waals surface area (Å²) < 4.78 is 2.38. The van der Waals surface area contributed by atoms with Gasteiger partial charge in [0.15, 0.2) is 0 Å². The van der Waals surface area contributed by atoms with Gasteiger partial charge in [-0.05, 0) is 36.6 Å². The van der Waals surface area contributed by atoms with Gasteiger partial charge in [-0.25, -0.2) is 4.98 Å². The molecule has 118 valence electrons. The second-order valence-corrected chi connectivity index (χ2v) is 6.88.